The van der Waals surface area contributed by atoms with E-state index in [-0.39, 0.29) is 10.8 Å². The van der Waals surface area contributed by atoms with Crippen LogP contribution >= 0.6 is 23.1 Å². The molecule has 4 aromatic rings. The Labute approximate surface area is 145 Å². The topological polar surface area (TPSA) is 84.7 Å². The molecule has 0 saturated heterocycles. The fourth-order valence-corrected chi connectivity index (χ4v) is 3.65. The number of aromatic amines is 1. The maximum absolute atomic E-state index is 12.2. The molecule has 8 heteroatoms. The normalized spacial score (nSPS) is 12.5. The molecule has 3 heterocycles. The first-order valence-corrected chi connectivity index (χ1v) is 8.99. The van der Waals surface area contributed by atoms with Gasteiger partial charge < -0.3 is 9.40 Å². The molecule has 0 spiro atoms. The van der Waals surface area contributed by atoms with Crippen LogP contribution in [0.5, 0.6) is 0 Å². The van der Waals surface area contributed by atoms with Crippen LogP contribution in [-0.2, 0) is 0 Å². The number of thiophene rings is 1. The molecule has 24 heavy (non-hydrogen) atoms. The van der Waals surface area contributed by atoms with Gasteiger partial charge in [-0.05, 0) is 30.5 Å². The standard InChI is InChI=1S/C16H12N4O2S2/c1-9(13-17-11-6-3-2-5-10(11)14(21)18-13)24-16-20-19-15(22-16)12-7-4-8-23-12/h2-9H,1H3,(H,17,18,21). The summed E-state index contributed by atoms with van der Waals surface area (Å²) in [6, 6.07) is 11.1. The van der Waals surface area contributed by atoms with Crippen LogP contribution in [0, 0.1) is 0 Å². The summed E-state index contributed by atoms with van der Waals surface area (Å²) < 4.78 is 5.67. The Bertz CT molecular complexity index is 1040. The minimum atomic E-state index is -0.146. The predicted octanol–water partition coefficient (Wildman–Crippen LogP) is 3.89. The second-order valence-electron chi connectivity index (χ2n) is 5.08. The highest BCUT2D eigenvalue weighted by Crippen LogP contribution is 2.34. The van der Waals surface area contributed by atoms with Crippen molar-refractivity contribution in [3.63, 3.8) is 0 Å². The van der Waals surface area contributed by atoms with Crippen molar-refractivity contribution in [1.82, 2.24) is 20.2 Å². The molecular weight excluding hydrogens is 344 g/mol. The smallest absolute Gasteiger partial charge is 0.277 e. The number of nitrogens with one attached hydrogen (secondary N) is 1. The predicted molar refractivity (Wildman–Crippen MR) is 94.2 cm³/mol. The molecule has 1 aromatic carbocycles. The van der Waals surface area contributed by atoms with Crippen LogP contribution in [0.3, 0.4) is 0 Å². The SMILES string of the molecule is CC(Sc1nnc(-c2cccs2)o1)c1nc2ccccc2c(=O)[nH]1. The lowest BCUT2D eigenvalue weighted by molar-refractivity contribution is 0.465. The summed E-state index contributed by atoms with van der Waals surface area (Å²) >= 11 is 2.91. The van der Waals surface area contributed by atoms with Gasteiger partial charge in [0, 0.05) is 0 Å². The van der Waals surface area contributed by atoms with Crippen LogP contribution in [0.4, 0.5) is 0 Å². The van der Waals surface area contributed by atoms with Gasteiger partial charge in [-0.15, -0.1) is 21.5 Å². The zero-order chi connectivity index (χ0) is 16.5. The molecule has 0 saturated carbocycles. The van der Waals surface area contributed by atoms with Gasteiger partial charge in [0.2, 0.25) is 0 Å². The van der Waals surface area contributed by atoms with Gasteiger partial charge in [0.1, 0.15) is 5.82 Å². The van der Waals surface area contributed by atoms with Crippen molar-refractivity contribution in [3.05, 3.63) is 58.0 Å². The minimum absolute atomic E-state index is 0.126. The number of benzene rings is 1. The van der Waals surface area contributed by atoms with Gasteiger partial charge in [-0.1, -0.05) is 30.0 Å². The zero-order valence-electron chi connectivity index (χ0n) is 12.6. The van der Waals surface area contributed by atoms with E-state index in [0.717, 1.165) is 4.88 Å². The Kier molecular flexibility index (Phi) is 3.91. The van der Waals surface area contributed by atoms with Crippen LogP contribution in [0.15, 0.2) is 56.2 Å². The van der Waals surface area contributed by atoms with Gasteiger partial charge >= 0.3 is 0 Å². The third-order valence-corrected chi connectivity index (χ3v) is 5.23. The highest BCUT2D eigenvalue weighted by Gasteiger charge is 2.17. The highest BCUT2D eigenvalue weighted by molar-refractivity contribution is 7.99. The summed E-state index contributed by atoms with van der Waals surface area (Å²) in [5, 5.41) is 11.0. The third kappa shape index (κ3) is 2.85. The summed E-state index contributed by atoms with van der Waals surface area (Å²) in [5.41, 5.74) is 0.529. The lowest BCUT2D eigenvalue weighted by atomic mass is 10.2. The third-order valence-electron chi connectivity index (χ3n) is 3.43. The molecule has 6 nitrogen and oxygen atoms in total. The highest BCUT2D eigenvalue weighted by atomic mass is 32.2. The Hall–Kier alpha value is -2.45. The van der Waals surface area contributed by atoms with Gasteiger partial charge in [-0.25, -0.2) is 4.98 Å². The van der Waals surface area contributed by atoms with Crippen LogP contribution in [0.1, 0.15) is 18.0 Å². The van der Waals surface area contributed by atoms with Gasteiger partial charge in [-0.3, -0.25) is 4.79 Å². The van der Waals surface area contributed by atoms with Gasteiger partial charge in [0.25, 0.3) is 16.7 Å². The molecule has 4 rings (SSSR count). The van der Waals surface area contributed by atoms with Crippen molar-refractivity contribution < 1.29 is 4.42 Å². The average Bonchev–Trinajstić information content (AvgIpc) is 3.26. The summed E-state index contributed by atoms with van der Waals surface area (Å²) in [6.07, 6.45) is 0. The largest absolute Gasteiger partial charge is 0.410 e. The number of H-pyrrole nitrogens is 1. The van der Waals surface area contributed by atoms with Crippen molar-refractivity contribution in [2.45, 2.75) is 17.4 Å². The Balaban J connectivity index is 1.60. The molecule has 0 aliphatic rings. The van der Waals surface area contributed by atoms with Crippen LogP contribution in [-0.4, -0.2) is 20.2 Å². The number of fused-ring (bicyclic) bond motifs is 1. The van der Waals surface area contributed by atoms with Crippen molar-refractivity contribution >= 4 is 34.0 Å². The van der Waals surface area contributed by atoms with Gasteiger partial charge in [0.05, 0.1) is 21.0 Å². The van der Waals surface area contributed by atoms with Crippen LogP contribution < -0.4 is 5.56 Å². The fourth-order valence-electron chi connectivity index (χ4n) is 2.26. The Morgan fingerprint density at radius 3 is 2.92 bits per heavy atom. The van der Waals surface area contributed by atoms with E-state index in [1.807, 2.05) is 42.6 Å². The van der Waals surface area contributed by atoms with Crippen molar-refractivity contribution in [3.8, 4) is 10.8 Å². The van der Waals surface area contributed by atoms with Crippen molar-refractivity contribution in [2.24, 2.45) is 0 Å². The van der Waals surface area contributed by atoms with Crippen molar-refractivity contribution in [1.29, 1.82) is 0 Å². The molecule has 0 fully saturated rings. The maximum atomic E-state index is 12.2. The molecule has 0 aliphatic heterocycles. The Morgan fingerprint density at radius 1 is 1.21 bits per heavy atom. The molecule has 0 aliphatic carbocycles. The number of hydrogen-bond acceptors (Lipinski definition) is 7. The second-order valence-corrected chi connectivity index (χ2v) is 7.32. The minimum Gasteiger partial charge on any atom is -0.410 e. The van der Waals surface area contributed by atoms with Crippen molar-refractivity contribution in [2.75, 3.05) is 0 Å². The molecule has 3 aromatic heterocycles. The number of rotatable bonds is 4. The van der Waals surface area contributed by atoms with Crippen LogP contribution in [0.2, 0.25) is 0 Å². The van der Waals surface area contributed by atoms with E-state index >= 15 is 0 Å². The molecule has 120 valence electrons. The first-order valence-electron chi connectivity index (χ1n) is 7.24. The Morgan fingerprint density at radius 2 is 2.08 bits per heavy atom. The second kappa shape index (κ2) is 6.21. The molecule has 0 bridgehead atoms. The fraction of sp³-hybridized carbons (Fsp3) is 0.125. The number of aromatic nitrogens is 4. The maximum Gasteiger partial charge on any atom is 0.277 e. The average molecular weight is 356 g/mol. The summed E-state index contributed by atoms with van der Waals surface area (Å²) in [6.45, 7) is 1.94. The zero-order valence-corrected chi connectivity index (χ0v) is 14.2. The van der Waals surface area contributed by atoms with E-state index in [2.05, 4.69) is 20.2 Å². The number of para-hydroxylation sites is 1. The molecule has 1 atom stereocenters. The van der Waals surface area contributed by atoms with E-state index in [4.69, 9.17) is 4.42 Å². The first-order chi connectivity index (χ1) is 11.7. The molecular formula is C16H12N4O2S2. The number of thioether (sulfide) groups is 1. The lowest BCUT2D eigenvalue weighted by Gasteiger charge is -2.08. The quantitative estimate of drug-likeness (QED) is 0.559. The number of nitrogens with zero attached hydrogens (tertiary/aromatic N) is 3. The molecule has 0 radical (unpaired) electrons. The van der Waals surface area contributed by atoms with E-state index in [0.29, 0.717) is 27.8 Å². The van der Waals surface area contributed by atoms with Gasteiger partial charge in [0.15, 0.2) is 0 Å². The van der Waals surface area contributed by atoms with E-state index in [1.54, 1.807) is 17.4 Å². The monoisotopic (exact) mass is 356 g/mol. The first kappa shape index (κ1) is 15.1. The van der Waals surface area contributed by atoms with Crippen LogP contribution in [0.25, 0.3) is 21.7 Å². The lowest BCUT2D eigenvalue weighted by Crippen LogP contribution is -2.12. The summed E-state index contributed by atoms with van der Waals surface area (Å²) in [4.78, 5) is 20.4. The molecule has 1 unspecified atom stereocenters. The molecule has 0 amide bonds. The summed E-state index contributed by atoms with van der Waals surface area (Å²) in [7, 11) is 0. The number of hydrogen-bond donors (Lipinski definition) is 1. The summed E-state index contributed by atoms with van der Waals surface area (Å²) in [5.74, 6) is 1.08. The van der Waals surface area contributed by atoms with E-state index in [9.17, 15) is 4.79 Å². The van der Waals surface area contributed by atoms with Gasteiger partial charge in [-0.2, -0.15) is 0 Å². The van der Waals surface area contributed by atoms with E-state index in [1.165, 1.54) is 11.8 Å². The van der Waals surface area contributed by atoms with E-state index < -0.39 is 0 Å². The molecule has 1 N–H and O–H groups in total.